The van der Waals surface area contributed by atoms with Crippen molar-refractivity contribution in [2.24, 2.45) is 0 Å². The van der Waals surface area contributed by atoms with Crippen molar-refractivity contribution < 1.29 is 8.78 Å². The minimum atomic E-state index is -2.66. The number of hydrogen-bond acceptors (Lipinski definition) is 2. The van der Waals surface area contributed by atoms with Gasteiger partial charge in [0.25, 0.3) is 6.43 Å². The zero-order chi connectivity index (χ0) is 10.0. The fraction of sp³-hybridized carbons (Fsp3) is 0.250. The number of rotatable bonds is 1. The summed E-state index contributed by atoms with van der Waals surface area (Å²) in [6.45, 7) is 1.47. The second kappa shape index (κ2) is 3.67. The highest BCUT2D eigenvalue weighted by atomic mass is 35.5. The van der Waals surface area contributed by atoms with Crippen LogP contribution in [0.2, 0.25) is 5.02 Å². The van der Waals surface area contributed by atoms with Gasteiger partial charge in [-0.25, -0.2) is 8.78 Å². The predicted octanol–water partition coefficient (Wildman–Crippen LogP) is 2.85. The number of halogens is 3. The first-order valence-corrected chi connectivity index (χ1v) is 3.79. The number of pyridine rings is 1. The van der Waals surface area contributed by atoms with Crippen LogP contribution in [-0.4, -0.2) is 4.98 Å². The first-order chi connectivity index (χ1) is 6.06. The van der Waals surface area contributed by atoms with Crippen molar-refractivity contribution in [3.05, 3.63) is 28.0 Å². The molecule has 0 N–H and O–H groups in total. The van der Waals surface area contributed by atoms with Gasteiger partial charge in [0.05, 0.1) is 16.3 Å². The Bertz CT molecular complexity index is 348. The zero-order valence-electron chi connectivity index (χ0n) is 6.68. The Labute approximate surface area is 78.8 Å². The summed E-state index contributed by atoms with van der Waals surface area (Å²) < 4.78 is 24.3. The first-order valence-electron chi connectivity index (χ1n) is 3.41. The van der Waals surface area contributed by atoms with Gasteiger partial charge in [-0.15, -0.1) is 0 Å². The average molecular weight is 203 g/mol. The third-order valence-corrected chi connectivity index (χ3v) is 1.81. The Hall–Kier alpha value is -1.21. The number of aromatic nitrogens is 1. The lowest BCUT2D eigenvalue weighted by Gasteiger charge is -2.03. The van der Waals surface area contributed by atoms with Gasteiger partial charge in [0, 0.05) is 0 Å². The van der Waals surface area contributed by atoms with Gasteiger partial charge >= 0.3 is 0 Å². The molecule has 0 bridgehead atoms. The van der Waals surface area contributed by atoms with Gasteiger partial charge in [-0.05, 0) is 13.0 Å². The van der Waals surface area contributed by atoms with Crippen molar-refractivity contribution in [2.75, 3.05) is 0 Å². The van der Waals surface area contributed by atoms with Crippen molar-refractivity contribution in [3.63, 3.8) is 0 Å². The summed E-state index contributed by atoms with van der Waals surface area (Å²) in [4.78, 5) is 3.55. The van der Waals surface area contributed by atoms with E-state index in [4.69, 9.17) is 16.9 Å². The number of alkyl halides is 2. The second-order valence-electron chi connectivity index (χ2n) is 2.40. The number of nitrogens with zero attached hydrogens (tertiary/aromatic N) is 2. The highest BCUT2D eigenvalue weighted by Crippen LogP contribution is 2.24. The molecule has 0 spiro atoms. The van der Waals surface area contributed by atoms with Crippen LogP contribution in [0, 0.1) is 18.3 Å². The van der Waals surface area contributed by atoms with Gasteiger partial charge in [-0.2, -0.15) is 5.26 Å². The monoisotopic (exact) mass is 202 g/mol. The fourth-order valence-corrected chi connectivity index (χ4v) is 1.19. The Morgan fingerprint density at radius 2 is 2.23 bits per heavy atom. The van der Waals surface area contributed by atoms with E-state index in [-0.39, 0.29) is 16.3 Å². The van der Waals surface area contributed by atoms with E-state index in [0.29, 0.717) is 0 Å². The lowest BCUT2D eigenvalue weighted by Crippen LogP contribution is -1.96. The van der Waals surface area contributed by atoms with Crippen molar-refractivity contribution in [1.29, 1.82) is 5.26 Å². The number of nitriles is 1. The lowest BCUT2D eigenvalue weighted by molar-refractivity contribution is 0.146. The SMILES string of the molecule is Cc1nc(C(F)F)cc(Cl)c1C#N. The van der Waals surface area contributed by atoms with Crippen LogP contribution in [0.3, 0.4) is 0 Å². The molecule has 2 nitrogen and oxygen atoms in total. The average Bonchev–Trinajstić information content (AvgIpc) is 2.03. The lowest BCUT2D eigenvalue weighted by atomic mass is 10.2. The maximum atomic E-state index is 12.2. The smallest absolute Gasteiger partial charge is 0.251 e. The predicted molar refractivity (Wildman–Crippen MR) is 43.7 cm³/mol. The normalized spacial score (nSPS) is 10.2. The molecule has 0 aliphatic heterocycles. The van der Waals surface area contributed by atoms with Crippen molar-refractivity contribution in [3.8, 4) is 6.07 Å². The highest BCUT2D eigenvalue weighted by molar-refractivity contribution is 6.31. The van der Waals surface area contributed by atoms with E-state index in [9.17, 15) is 8.78 Å². The summed E-state index contributed by atoms with van der Waals surface area (Å²) >= 11 is 5.58. The summed E-state index contributed by atoms with van der Waals surface area (Å²) in [6, 6.07) is 2.80. The van der Waals surface area contributed by atoms with E-state index >= 15 is 0 Å². The summed E-state index contributed by atoms with van der Waals surface area (Å²) in [5, 5.41) is 8.59. The fourth-order valence-electron chi connectivity index (χ4n) is 0.903. The molecular formula is C8H5ClF2N2. The van der Waals surface area contributed by atoms with Gasteiger partial charge in [-0.1, -0.05) is 11.6 Å². The molecule has 0 radical (unpaired) electrons. The first kappa shape index (κ1) is 9.87. The molecule has 0 aliphatic carbocycles. The minimum Gasteiger partial charge on any atom is -0.251 e. The molecule has 0 aliphatic rings. The van der Waals surface area contributed by atoms with Crippen molar-refractivity contribution >= 4 is 11.6 Å². The minimum absolute atomic E-state index is 0.0188. The topological polar surface area (TPSA) is 36.7 Å². The summed E-state index contributed by atoms with van der Waals surface area (Å²) in [5.41, 5.74) is -0.0298. The molecule has 1 rings (SSSR count). The molecule has 1 aromatic heterocycles. The van der Waals surface area contributed by atoms with E-state index in [0.717, 1.165) is 6.07 Å². The molecule has 13 heavy (non-hydrogen) atoms. The summed E-state index contributed by atoms with van der Waals surface area (Å²) in [7, 11) is 0. The Kier molecular flexibility index (Phi) is 2.79. The molecule has 68 valence electrons. The molecule has 0 amide bonds. The van der Waals surface area contributed by atoms with Gasteiger partial charge < -0.3 is 0 Å². The van der Waals surface area contributed by atoms with E-state index in [2.05, 4.69) is 4.98 Å². The summed E-state index contributed by atoms with van der Waals surface area (Å²) in [6.07, 6.45) is -2.66. The standard InChI is InChI=1S/C8H5ClF2N2/c1-4-5(3-12)6(9)2-7(13-4)8(10)11/h2,8H,1H3. The molecular weight excluding hydrogens is 198 g/mol. The van der Waals surface area contributed by atoms with E-state index in [1.165, 1.54) is 6.92 Å². The van der Waals surface area contributed by atoms with Gasteiger partial charge in [0.15, 0.2) is 0 Å². The van der Waals surface area contributed by atoms with Crippen LogP contribution in [0.25, 0.3) is 0 Å². The number of aryl methyl sites for hydroxylation is 1. The van der Waals surface area contributed by atoms with Crippen LogP contribution in [-0.2, 0) is 0 Å². The van der Waals surface area contributed by atoms with Crippen LogP contribution >= 0.6 is 11.6 Å². The van der Waals surface area contributed by atoms with Gasteiger partial charge in [0.1, 0.15) is 11.8 Å². The molecule has 0 aromatic carbocycles. The van der Waals surface area contributed by atoms with Gasteiger partial charge in [0.2, 0.25) is 0 Å². The molecule has 0 unspecified atom stereocenters. The Morgan fingerprint density at radius 1 is 1.62 bits per heavy atom. The molecule has 5 heteroatoms. The molecule has 0 saturated carbocycles. The molecule has 1 heterocycles. The maximum Gasteiger partial charge on any atom is 0.280 e. The largest absolute Gasteiger partial charge is 0.280 e. The molecule has 0 atom stereocenters. The summed E-state index contributed by atoms with van der Waals surface area (Å²) in [5.74, 6) is 0. The van der Waals surface area contributed by atoms with Crippen LogP contribution in [0.1, 0.15) is 23.4 Å². The Morgan fingerprint density at radius 3 is 2.62 bits per heavy atom. The maximum absolute atomic E-state index is 12.2. The van der Waals surface area contributed by atoms with E-state index in [1.807, 2.05) is 0 Å². The Balaban J connectivity index is 3.30. The van der Waals surface area contributed by atoms with Crippen molar-refractivity contribution in [1.82, 2.24) is 4.98 Å². The molecule has 0 saturated heterocycles. The van der Waals surface area contributed by atoms with Crippen LogP contribution < -0.4 is 0 Å². The second-order valence-corrected chi connectivity index (χ2v) is 2.81. The van der Waals surface area contributed by atoms with Crippen LogP contribution in [0.4, 0.5) is 8.78 Å². The van der Waals surface area contributed by atoms with E-state index < -0.39 is 12.1 Å². The zero-order valence-corrected chi connectivity index (χ0v) is 7.44. The third kappa shape index (κ3) is 1.93. The molecule has 0 fully saturated rings. The van der Waals surface area contributed by atoms with Crippen LogP contribution in [0.5, 0.6) is 0 Å². The number of hydrogen-bond donors (Lipinski definition) is 0. The third-order valence-electron chi connectivity index (χ3n) is 1.51. The quantitative estimate of drug-likeness (QED) is 0.702. The van der Waals surface area contributed by atoms with Gasteiger partial charge in [-0.3, -0.25) is 4.98 Å². The highest BCUT2D eigenvalue weighted by Gasteiger charge is 2.13. The molecule has 1 aromatic rings. The van der Waals surface area contributed by atoms with E-state index in [1.54, 1.807) is 6.07 Å². The van der Waals surface area contributed by atoms with Crippen LogP contribution in [0.15, 0.2) is 6.07 Å². The van der Waals surface area contributed by atoms with Crippen molar-refractivity contribution in [2.45, 2.75) is 13.3 Å².